The van der Waals surface area contributed by atoms with Gasteiger partial charge in [0.05, 0.1) is 12.8 Å². The van der Waals surface area contributed by atoms with Crippen molar-refractivity contribution in [3.8, 4) is 0 Å². The Hall–Kier alpha value is -4.26. The maximum atomic E-state index is 16.1. The zero-order chi connectivity index (χ0) is 28.0. The molecule has 1 aromatic heterocycles. The van der Waals surface area contributed by atoms with Gasteiger partial charge in [-0.1, -0.05) is 110 Å². The molecule has 0 bridgehead atoms. The van der Waals surface area contributed by atoms with Crippen molar-refractivity contribution in [3.63, 3.8) is 0 Å². The number of nitrogens with one attached hydrogen (secondary N) is 1. The maximum Gasteiger partial charge on any atom is 0.328 e. The second-order valence-corrected chi connectivity index (χ2v) is 10.3. The van der Waals surface area contributed by atoms with E-state index in [1.165, 1.54) is 11.7 Å². The number of halogens is 1. The molecule has 206 valence electrons. The maximum absolute atomic E-state index is 16.1. The number of imidazole rings is 1. The average Bonchev–Trinajstić information content (AvgIpc) is 3.38. The van der Waals surface area contributed by atoms with Crippen molar-refractivity contribution >= 4 is 11.9 Å². The molecule has 0 aliphatic heterocycles. The Morgan fingerprint density at radius 1 is 0.900 bits per heavy atom. The van der Waals surface area contributed by atoms with Crippen molar-refractivity contribution in [1.29, 1.82) is 0 Å². The van der Waals surface area contributed by atoms with Crippen LogP contribution in [0.5, 0.6) is 0 Å². The molecule has 1 saturated carbocycles. The van der Waals surface area contributed by atoms with Crippen molar-refractivity contribution in [2.75, 3.05) is 7.11 Å². The topological polar surface area (TPSA) is 73.2 Å². The molecule has 1 aliphatic rings. The van der Waals surface area contributed by atoms with E-state index in [2.05, 4.69) is 10.3 Å². The molecular weight excluding hydrogens is 505 g/mol. The Bertz CT molecular complexity index is 1320. The second-order valence-electron chi connectivity index (χ2n) is 10.3. The number of amides is 1. The van der Waals surface area contributed by atoms with Gasteiger partial charge in [0.25, 0.3) is 6.08 Å². The van der Waals surface area contributed by atoms with Crippen LogP contribution >= 0.6 is 0 Å². The Labute approximate surface area is 234 Å². The number of ether oxygens (including phenoxy) is 1. The predicted molar refractivity (Wildman–Crippen MR) is 151 cm³/mol. The molecule has 5 rings (SSSR count). The number of hydrogen-bond donors (Lipinski definition) is 1. The first-order valence-electron chi connectivity index (χ1n) is 13.8. The van der Waals surface area contributed by atoms with Gasteiger partial charge in [-0.2, -0.15) is 4.39 Å². The third-order valence-corrected chi connectivity index (χ3v) is 7.84. The number of aromatic nitrogens is 2. The molecule has 1 unspecified atom stereocenters. The van der Waals surface area contributed by atoms with Crippen molar-refractivity contribution in [2.45, 2.75) is 50.1 Å². The van der Waals surface area contributed by atoms with Crippen LogP contribution in [0, 0.1) is 12.0 Å². The van der Waals surface area contributed by atoms with Crippen molar-refractivity contribution in [2.24, 2.45) is 5.92 Å². The van der Waals surface area contributed by atoms with Crippen molar-refractivity contribution < 1.29 is 18.7 Å². The Kier molecular flexibility index (Phi) is 8.39. The molecule has 7 heteroatoms. The first-order valence-corrected chi connectivity index (χ1v) is 13.8. The van der Waals surface area contributed by atoms with E-state index < -0.39 is 23.6 Å². The highest BCUT2D eigenvalue weighted by molar-refractivity contribution is 5.86. The lowest BCUT2D eigenvalue weighted by Gasteiger charge is -2.37. The van der Waals surface area contributed by atoms with Crippen LogP contribution in [0.2, 0.25) is 0 Å². The lowest BCUT2D eigenvalue weighted by Crippen LogP contribution is -2.46. The molecule has 1 amide bonds. The zero-order valence-electron chi connectivity index (χ0n) is 22.6. The number of methoxy groups -OCH3 is 1. The second kappa shape index (κ2) is 12.3. The van der Waals surface area contributed by atoms with Crippen LogP contribution in [0.4, 0.5) is 4.39 Å². The van der Waals surface area contributed by atoms with Crippen LogP contribution in [0.25, 0.3) is 0 Å². The molecule has 40 heavy (non-hydrogen) atoms. The molecular formula is C33H34FN3O3. The highest BCUT2D eigenvalue weighted by atomic mass is 19.1. The molecule has 1 N–H and O–H groups in total. The molecule has 1 aliphatic carbocycles. The molecule has 6 nitrogen and oxygen atoms in total. The van der Waals surface area contributed by atoms with E-state index in [0.717, 1.165) is 48.8 Å². The largest absolute Gasteiger partial charge is 0.467 e. The number of carbonyl (C=O) groups excluding carboxylic acids is 2. The number of rotatable bonds is 9. The van der Waals surface area contributed by atoms with Gasteiger partial charge in [0, 0.05) is 18.5 Å². The quantitative estimate of drug-likeness (QED) is 0.221. The third-order valence-electron chi connectivity index (χ3n) is 7.84. The Morgan fingerprint density at radius 3 is 1.88 bits per heavy atom. The van der Waals surface area contributed by atoms with Gasteiger partial charge >= 0.3 is 5.97 Å². The highest BCUT2D eigenvalue weighted by Crippen LogP contribution is 2.41. The van der Waals surface area contributed by atoms with E-state index in [-0.39, 0.29) is 18.2 Å². The Morgan fingerprint density at radius 2 is 1.40 bits per heavy atom. The SMILES string of the molecule is COC(=O)C(Cc1cn(C(c2ccccc2)(c2ccccc2)c2ccccc2)c(F)n1)NC(=O)C1CCCCC1. The molecule has 0 radical (unpaired) electrons. The fourth-order valence-corrected chi connectivity index (χ4v) is 5.89. The number of nitrogens with zero attached hydrogens (tertiary/aromatic N) is 2. The first kappa shape index (κ1) is 27.3. The van der Waals surface area contributed by atoms with Gasteiger partial charge in [0.1, 0.15) is 11.6 Å². The van der Waals surface area contributed by atoms with E-state index in [1.807, 2.05) is 91.0 Å². The lowest BCUT2D eigenvalue weighted by molar-refractivity contribution is -0.145. The van der Waals surface area contributed by atoms with Gasteiger partial charge in [-0.25, -0.2) is 9.78 Å². The smallest absolute Gasteiger partial charge is 0.328 e. The standard InChI is InChI=1S/C33H34FN3O3/c1-40-31(39)29(36-30(38)24-14-6-2-7-15-24)22-28-23-37(32(34)35-28)33(25-16-8-3-9-17-25,26-18-10-4-11-19-26)27-20-12-5-13-21-27/h3-5,8-13,16-21,23-24,29H,2,6-7,14-15,22H2,1H3,(H,36,38). The molecule has 1 fully saturated rings. The zero-order valence-corrected chi connectivity index (χ0v) is 22.6. The van der Waals surface area contributed by atoms with Crippen LogP contribution in [0.3, 0.4) is 0 Å². The summed E-state index contributed by atoms with van der Waals surface area (Å²) < 4.78 is 22.6. The molecule has 4 aromatic rings. The minimum absolute atomic E-state index is 0.00347. The third kappa shape index (κ3) is 5.41. The summed E-state index contributed by atoms with van der Waals surface area (Å²) in [5, 5.41) is 2.86. The van der Waals surface area contributed by atoms with Gasteiger partial charge in [-0.3, -0.25) is 9.36 Å². The fraction of sp³-hybridized carbons (Fsp3) is 0.303. The van der Waals surface area contributed by atoms with Crippen LogP contribution in [-0.2, 0) is 26.3 Å². The summed E-state index contributed by atoms with van der Waals surface area (Å²) in [7, 11) is 1.28. The van der Waals surface area contributed by atoms with E-state index in [4.69, 9.17) is 4.74 Å². The summed E-state index contributed by atoms with van der Waals surface area (Å²) in [6.07, 6.45) is 5.66. The summed E-state index contributed by atoms with van der Waals surface area (Å²) in [6.45, 7) is 0. The van der Waals surface area contributed by atoms with Crippen molar-refractivity contribution in [1.82, 2.24) is 14.9 Å². The molecule has 1 atom stereocenters. The van der Waals surface area contributed by atoms with Crippen LogP contribution < -0.4 is 5.32 Å². The monoisotopic (exact) mass is 539 g/mol. The van der Waals surface area contributed by atoms with Gasteiger partial charge in [-0.05, 0) is 29.5 Å². The molecule has 0 saturated heterocycles. The average molecular weight is 540 g/mol. The van der Waals surface area contributed by atoms with Gasteiger partial charge < -0.3 is 10.1 Å². The first-order chi connectivity index (χ1) is 19.5. The minimum Gasteiger partial charge on any atom is -0.467 e. The van der Waals surface area contributed by atoms with E-state index >= 15 is 4.39 Å². The van der Waals surface area contributed by atoms with Crippen LogP contribution in [-0.4, -0.2) is 34.6 Å². The number of benzene rings is 3. The molecule has 0 spiro atoms. The van der Waals surface area contributed by atoms with E-state index in [1.54, 1.807) is 6.20 Å². The van der Waals surface area contributed by atoms with Gasteiger partial charge in [0.15, 0.2) is 0 Å². The highest BCUT2D eigenvalue weighted by Gasteiger charge is 2.41. The van der Waals surface area contributed by atoms with Crippen molar-refractivity contribution in [3.05, 3.63) is 126 Å². The summed E-state index contributed by atoms with van der Waals surface area (Å²) >= 11 is 0. The minimum atomic E-state index is -1.08. The molecule has 1 heterocycles. The summed E-state index contributed by atoms with van der Waals surface area (Å²) in [4.78, 5) is 30.0. The van der Waals surface area contributed by atoms with E-state index in [9.17, 15) is 9.59 Å². The number of esters is 1. The number of carbonyl (C=O) groups is 2. The predicted octanol–water partition coefficient (Wildman–Crippen LogP) is 5.64. The summed E-state index contributed by atoms with van der Waals surface area (Å²) in [5.74, 6) is -0.876. The fourth-order valence-electron chi connectivity index (χ4n) is 5.89. The van der Waals surface area contributed by atoms with Gasteiger partial charge in [-0.15, -0.1) is 0 Å². The normalized spacial score (nSPS) is 14.8. The van der Waals surface area contributed by atoms with Crippen LogP contribution in [0.1, 0.15) is 54.5 Å². The Balaban J connectivity index is 1.58. The number of hydrogen-bond acceptors (Lipinski definition) is 4. The summed E-state index contributed by atoms with van der Waals surface area (Å²) in [6, 6.07) is 28.2. The van der Waals surface area contributed by atoms with Crippen LogP contribution in [0.15, 0.2) is 97.2 Å². The summed E-state index contributed by atoms with van der Waals surface area (Å²) in [5.41, 5.74) is 1.82. The van der Waals surface area contributed by atoms with Gasteiger partial charge in [0.2, 0.25) is 5.91 Å². The molecule has 3 aromatic carbocycles. The van der Waals surface area contributed by atoms with E-state index in [0.29, 0.717) is 5.69 Å². The lowest BCUT2D eigenvalue weighted by atomic mass is 9.76.